The lowest BCUT2D eigenvalue weighted by Gasteiger charge is -2.12. The number of nitrogens with one attached hydrogen (secondary N) is 1. The molecule has 39 heavy (non-hydrogen) atoms. The second-order valence-corrected chi connectivity index (χ2v) is 8.20. The van der Waals surface area contributed by atoms with Gasteiger partial charge in [0.05, 0.1) is 25.6 Å². The number of aromatic nitrogens is 5. The summed E-state index contributed by atoms with van der Waals surface area (Å²) in [6.07, 6.45) is 0.617. The highest BCUT2D eigenvalue weighted by atomic mass is 19.1. The van der Waals surface area contributed by atoms with Gasteiger partial charge in [-0.1, -0.05) is 17.3 Å². The Kier molecular flexibility index (Phi) is 6.83. The fourth-order valence-corrected chi connectivity index (χ4v) is 3.88. The topological polar surface area (TPSA) is 137 Å². The molecule has 0 saturated carbocycles. The van der Waals surface area contributed by atoms with Crippen molar-refractivity contribution in [1.82, 2.24) is 24.9 Å². The van der Waals surface area contributed by atoms with Gasteiger partial charge >= 0.3 is 5.69 Å². The van der Waals surface area contributed by atoms with E-state index in [-0.39, 0.29) is 39.8 Å². The van der Waals surface area contributed by atoms with E-state index >= 15 is 4.39 Å². The maximum absolute atomic E-state index is 15.4. The molecule has 0 amide bonds. The van der Waals surface area contributed by atoms with Gasteiger partial charge in [-0.25, -0.2) is 14.2 Å². The number of rotatable bonds is 8. The van der Waals surface area contributed by atoms with Gasteiger partial charge in [-0.2, -0.15) is 9.67 Å². The summed E-state index contributed by atoms with van der Waals surface area (Å²) in [4.78, 5) is 35.9. The molecule has 196 valence electrons. The number of carbonyl (C=O) groups excluding carboxylic acids is 1. The van der Waals surface area contributed by atoms with Crippen LogP contribution in [0.3, 0.4) is 0 Å². The van der Waals surface area contributed by atoms with Gasteiger partial charge in [0, 0.05) is 29.7 Å². The van der Waals surface area contributed by atoms with Crippen LogP contribution in [0.15, 0.2) is 75.0 Å². The fraction of sp³-hybridized carbons (Fsp3) is 0.111. The molecule has 11 nitrogen and oxygen atoms in total. The zero-order chi connectivity index (χ0) is 27.5. The summed E-state index contributed by atoms with van der Waals surface area (Å²) < 4.78 is 32.0. The highest BCUT2D eigenvalue weighted by Crippen LogP contribution is 2.32. The van der Waals surface area contributed by atoms with E-state index in [0.29, 0.717) is 29.3 Å². The molecular weight excluding hydrogens is 507 g/mol. The molecule has 2 heterocycles. The van der Waals surface area contributed by atoms with Crippen molar-refractivity contribution in [3.05, 3.63) is 99.8 Å². The van der Waals surface area contributed by atoms with Crippen LogP contribution in [-0.2, 0) is 0 Å². The molecule has 0 fully saturated rings. The first kappa shape index (κ1) is 25.3. The number of aliphatic imine (C=N–C) groups is 1. The van der Waals surface area contributed by atoms with Crippen LogP contribution < -0.4 is 15.2 Å². The van der Waals surface area contributed by atoms with Crippen LogP contribution in [0.1, 0.15) is 27.6 Å². The first-order chi connectivity index (χ1) is 18.9. The predicted molar refractivity (Wildman–Crippen MR) is 139 cm³/mol. The Morgan fingerprint density at radius 3 is 2.46 bits per heavy atom. The lowest BCUT2D eigenvalue weighted by molar-refractivity contribution is 0.112. The van der Waals surface area contributed by atoms with E-state index < -0.39 is 11.5 Å². The number of benzene rings is 3. The average molecular weight is 529 g/mol. The summed E-state index contributed by atoms with van der Waals surface area (Å²) in [7, 11) is 2.81. The molecule has 0 aliphatic rings. The monoisotopic (exact) mass is 528 g/mol. The quantitative estimate of drug-likeness (QED) is 0.235. The molecule has 3 aromatic carbocycles. The highest BCUT2D eigenvalue weighted by Gasteiger charge is 2.22. The third-order valence-electron chi connectivity index (χ3n) is 5.76. The van der Waals surface area contributed by atoms with Crippen LogP contribution in [-0.4, -0.2) is 51.1 Å². The van der Waals surface area contributed by atoms with Crippen LogP contribution in [0.4, 0.5) is 10.1 Å². The second kappa shape index (κ2) is 10.5. The fourth-order valence-electron chi connectivity index (χ4n) is 3.88. The van der Waals surface area contributed by atoms with E-state index in [2.05, 4.69) is 25.2 Å². The molecule has 2 aromatic heterocycles. The Bertz CT molecular complexity index is 1750. The number of aromatic amines is 1. The van der Waals surface area contributed by atoms with Gasteiger partial charge in [-0.3, -0.25) is 9.78 Å². The first-order valence-electron chi connectivity index (χ1n) is 11.6. The molecular formula is C27H21FN6O5. The first-order valence-corrected chi connectivity index (χ1v) is 11.6. The molecule has 5 aromatic rings. The van der Waals surface area contributed by atoms with Crippen molar-refractivity contribution in [2.24, 2.45) is 4.99 Å². The van der Waals surface area contributed by atoms with E-state index in [1.807, 2.05) is 0 Å². The predicted octanol–water partition coefficient (Wildman–Crippen LogP) is 4.06. The maximum atomic E-state index is 15.4. The molecule has 12 heteroatoms. The van der Waals surface area contributed by atoms with Crippen LogP contribution in [0, 0.1) is 12.7 Å². The van der Waals surface area contributed by atoms with Crippen molar-refractivity contribution in [3.63, 3.8) is 0 Å². The zero-order valence-corrected chi connectivity index (χ0v) is 21.0. The van der Waals surface area contributed by atoms with Gasteiger partial charge < -0.3 is 14.0 Å². The number of aryl methyl sites for hydroxylation is 1. The third-order valence-corrected chi connectivity index (χ3v) is 5.76. The SMILES string of the molecule is COc1cc(F)c(C(=Nc2ccc(-c3noc(C)n3)cc2)c2nn(-c3ccccc3C=O)c(=O)[nH]2)cc1OC. The number of H-pyrrole nitrogens is 1. The number of ether oxygens (including phenoxy) is 2. The van der Waals surface area contributed by atoms with Crippen molar-refractivity contribution in [1.29, 1.82) is 0 Å². The van der Waals surface area contributed by atoms with Gasteiger partial charge in [0.25, 0.3) is 0 Å². The van der Waals surface area contributed by atoms with Crippen LogP contribution in [0.25, 0.3) is 17.1 Å². The molecule has 0 radical (unpaired) electrons. The molecule has 0 bridgehead atoms. The molecule has 5 rings (SSSR count). The summed E-state index contributed by atoms with van der Waals surface area (Å²) in [5.41, 5.74) is 0.981. The van der Waals surface area contributed by atoms with Crippen LogP contribution in [0.2, 0.25) is 0 Å². The van der Waals surface area contributed by atoms with E-state index in [4.69, 9.17) is 14.0 Å². The number of nitrogens with zero attached hydrogens (tertiary/aromatic N) is 5. The van der Waals surface area contributed by atoms with Gasteiger partial charge in [0.1, 0.15) is 11.5 Å². The number of para-hydroxylation sites is 1. The minimum atomic E-state index is -0.686. The van der Waals surface area contributed by atoms with Gasteiger partial charge in [-0.15, -0.1) is 5.10 Å². The normalized spacial score (nSPS) is 11.4. The van der Waals surface area contributed by atoms with E-state index in [0.717, 1.165) is 10.7 Å². The Hall–Kier alpha value is -5.39. The number of hydrogen-bond donors (Lipinski definition) is 1. The summed E-state index contributed by atoms with van der Waals surface area (Å²) >= 11 is 0. The molecule has 0 unspecified atom stereocenters. The van der Waals surface area contributed by atoms with Crippen molar-refractivity contribution >= 4 is 17.7 Å². The maximum Gasteiger partial charge on any atom is 0.348 e. The number of aldehydes is 1. The molecule has 0 aliphatic carbocycles. The van der Waals surface area contributed by atoms with Gasteiger partial charge in [0.2, 0.25) is 11.7 Å². The van der Waals surface area contributed by atoms with Crippen molar-refractivity contribution in [3.8, 4) is 28.6 Å². The molecule has 0 spiro atoms. The Labute approximate surface area is 220 Å². The number of hydrogen-bond acceptors (Lipinski definition) is 9. The summed E-state index contributed by atoms with van der Waals surface area (Å²) in [5.74, 6) is 0.535. The van der Waals surface area contributed by atoms with Gasteiger partial charge in [-0.05, 0) is 42.5 Å². The number of carbonyl (C=O) groups is 1. The Morgan fingerprint density at radius 1 is 1.08 bits per heavy atom. The molecule has 1 N–H and O–H groups in total. The van der Waals surface area contributed by atoms with Crippen molar-refractivity contribution < 1.29 is 23.2 Å². The van der Waals surface area contributed by atoms with Crippen LogP contribution >= 0.6 is 0 Å². The highest BCUT2D eigenvalue weighted by molar-refractivity contribution is 6.12. The van der Waals surface area contributed by atoms with E-state index in [1.54, 1.807) is 55.5 Å². The Balaban J connectivity index is 1.67. The number of halogens is 1. The molecule has 0 saturated heterocycles. The molecule has 0 aliphatic heterocycles. The minimum Gasteiger partial charge on any atom is -0.493 e. The largest absolute Gasteiger partial charge is 0.493 e. The summed E-state index contributed by atoms with van der Waals surface area (Å²) in [6.45, 7) is 1.69. The lowest BCUT2D eigenvalue weighted by Crippen LogP contribution is -2.17. The minimum absolute atomic E-state index is 0.00454. The van der Waals surface area contributed by atoms with Crippen molar-refractivity contribution in [2.45, 2.75) is 6.92 Å². The Morgan fingerprint density at radius 2 is 1.79 bits per heavy atom. The molecule has 0 atom stereocenters. The third kappa shape index (κ3) is 4.94. The van der Waals surface area contributed by atoms with E-state index in [1.165, 1.54) is 20.3 Å². The number of methoxy groups -OCH3 is 2. The second-order valence-electron chi connectivity index (χ2n) is 8.20. The van der Waals surface area contributed by atoms with Crippen molar-refractivity contribution in [2.75, 3.05) is 14.2 Å². The van der Waals surface area contributed by atoms with Crippen LogP contribution in [0.5, 0.6) is 11.5 Å². The smallest absolute Gasteiger partial charge is 0.348 e. The van der Waals surface area contributed by atoms with E-state index in [9.17, 15) is 9.59 Å². The zero-order valence-electron chi connectivity index (χ0n) is 21.0. The summed E-state index contributed by atoms with van der Waals surface area (Å²) in [6, 6.07) is 15.8. The standard InChI is InChI=1S/C27H21FN6O5/c1-15-29-25(33-39-15)16-8-10-18(11-9-16)30-24(19-12-22(37-2)23(38-3)13-20(19)28)26-31-27(36)34(32-26)21-7-5-4-6-17(21)14-35/h4-14H,1-3H3,(H,31,32,36). The van der Waals surface area contributed by atoms with Gasteiger partial charge in [0.15, 0.2) is 23.6 Å². The lowest BCUT2D eigenvalue weighted by atomic mass is 10.1. The summed E-state index contributed by atoms with van der Waals surface area (Å²) in [5, 5.41) is 8.26. The average Bonchev–Trinajstić information content (AvgIpc) is 3.57.